The monoisotopic (exact) mass is 366 g/mol. The zero-order valence-corrected chi connectivity index (χ0v) is 17.0. The third-order valence-corrected chi connectivity index (χ3v) is 7.82. The van der Waals surface area contributed by atoms with Crippen LogP contribution in [0, 0.1) is 18.8 Å². The fourth-order valence-electron chi connectivity index (χ4n) is 6.47. The second-order valence-corrected chi connectivity index (χ2v) is 9.67. The zero-order chi connectivity index (χ0) is 18.6. The Kier molecular flexibility index (Phi) is 4.36. The van der Waals surface area contributed by atoms with Crippen molar-refractivity contribution in [3.05, 3.63) is 35.0 Å². The van der Waals surface area contributed by atoms with E-state index < -0.39 is 5.60 Å². The van der Waals surface area contributed by atoms with E-state index in [9.17, 15) is 5.11 Å². The molecule has 1 aromatic heterocycles. The lowest BCUT2D eigenvalue weighted by molar-refractivity contribution is -0.0984. The SMILES string of the molecule is Cc1ccc2c(c1)c1c(n2CC2(O)CCCC3CCCCC32)CCN(C)C1. The van der Waals surface area contributed by atoms with Gasteiger partial charge in [0.25, 0.3) is 0 Å². The van der Waals surface area contributed by atoms with Gasteiger partial charge in [-0.2, -0.15) is 0 Å². The Balaban J connectivity index is 1.59. The van der Waals surface area contributed by atoms with Gasteiger partial charge in [-0.25, -0.2) is 0 Å². The summed E-state index contributed by atoms with van der Waals surface area (Å²) in [7, 11) is 2.23. The van der Waals surface area contributed by atoms with Crippen molar-refractivity contribution in [2.24, 2.45) is 11.8 Å². The number of aliphatic hydroxyl groups is 1. The predicted molar refractivity (Wildman–Crippen MR) is 111 cm³/mol. The first-order chi connectivity index (χ1) is 13.0. The molecule has 3 nitrogen and oxygen atoms in total. The van der Waals surface area contributed by atoms with Crippen molar-refractivity contribution in [2.75, 3.05) is 13.6 Å². The average Bonchev–Trinajstić information content (AvgIpc) is 2.94. The third-order valence-electron chi connectivity index (χ3n) is 7.82. The van der Waals surface area contributed by atoms with Gasteiger partial charge in [0.05, 0.1) is 12.1 Å². The van der Waals surface area contributed by atoms with Crippen molar-refractivity contribution in [1.29, 1.82) is 0 Å². The molecule has 1 aliphatic heterocycles. The molecular weight excluding hydrogens is 332 g/mol. The Morgan fingerprint density at radius 1 is 1.15 bits per heavy atom. The Hall–Kier alpha value is -1.32. The van der Waals surface area contributed by atoms with Crippen molar-refractivity contribution < 1.29 is 5.11 Å². The number of nitrogens with zero attached hydrogens (tertiary/aromatic N) is 2. The maximum atomic E-state index is 11.9. The fourth-order valence-corrected chi connectivity index (χ4v) is 6.47. The lowest BCUT2D eigenvalue weighted by Gasteiger charge is -2.48. The predicted octanol–water partition coefficient (Wildman–Crippen LogP) is 4.66. The van der Waals surface area contributed by atoms with E-state index in [4.69, 9.17) is 0 Å². The molecule has 2 fully saturated rings. The zero-order valence-electron chi connectivity index (χ0n) is 17.0. The van der Waals surface area contributed by atoms with Gasteiger partial charge >= 0.3 is 0 Å². The van der Waals surface area contributed by atoms with Crippen LogP contribution in [-0.2, 0) is 19.5 Å². The second kappa shape index (κ2) is 6.63. The van der Waals surface area contributed by atoms with Crippen LogP contribution >= 0.6 is 0 Å². The van der Waals surface area contributed by atoms with E-state index in [0.29, 0.717) is 5.92 Å². The van der Waals surface area contributed by atoms with E-state index in [1.54, 1.807) is 0 Å². The van der Waals surface area contributed by atoms with Crippen LogP contribution in [0.5, 0.6) is 0 Å². The molecule has 1 N–H and O–H groups in total. The van der Waals surface area contributed by atoms with Crippen LogP contribution in [-0.4, -0.2) is 33.8 Å². The summed E-state index contributed by atoms with van der Waals surface area (Å²) in [5.41, 5.74) is 5.14. The number of aromatic nitrogens is 1. The summed E-state index contributed by atoms with van der Waals surface area (Å²) in [6.07, 6.45) is 9.84. The molecule has 3 heteroatoms. The van der Waals surface area contributed by atoms with Crippen LogP contribution in [0.25, 0.3) is 10.9 Å². The first kappa shape index (κ1) is 17.8. The Bertz CT molecular complexity index is 852. The molecule has 0 amide bonds. The maximum Gasteiger partial charge on any atom is 0.0856 e. The molecule has 3 atom stereocenters. The largest absolute Gasteiger partial charge is 0.388 e. The number of aryl methyl sites for hydroxylation is 1. The number of likely N-dealkylation sites (N-methyl/N-ethyl adjacent to an activating group) is 1. The highest BCUT2D eigenvalue weighted by Crippen LogP contribution is 2.47. The summed E-state index contributed by atoms with van der Waals surface area (Å²) in [6, 6.07) is 6.90. The van der Waals surface area contributed by atoms with Gasteiger partial charge in [-0.3, -0.25) is 0 Å². The van der Waals surface area contributed by atoms with Gasteiger partial charge < -0.3 is 14.6 Å². The number of benzene rings is 1. The number of hydrogen-bond donors (Lipinski definition) is 1. The average molecular weight is 367 g/mol. The molecule has 3 unspecified atom stereocenters. The summed E-state index contributed by atoms with van der Waals surface area (Å²) in [6.45, 7) is 5.14. The maximum absolute atomic E-state index is 11.9. The topological polar surface area (TPSA) is 28.4 Å². The molecule has 0 bridgehead atoms. The summed E-state index contributed by atoms with van der Waals surface area (Å²) < 4.78 is 2.52. The molecule has 2 saturated carbocycles. The van der Waals surface area contributed by atoms with E-state index in [1.807, 2.05) is 0 Å². The standard InChI is InChI=1S/C24H34N2O/c1-17-9-10-22-19(14-17)20-15-25(2)13-11-23(20)26(22)16-24(27)12-5-7-18-6-3-4-8-21(18)24/h9-10,14,18,21,27H,3-8,11-13,15-16H2,1-2H3. The Morgan fingerprint density at radius 3 is 2.85 bits per heavy atom. The van der Waals surface area contributed by atoms with Crippen molar-refractivity contribution >= 4 is 10.9 Å². The van der Waals surface area contributed by atoms with Crippen molar-refractivity contribution in [3.63, 3.8) is 0 Å². The van der Waals surface area contributed by atoms with Crippen LogP contribution in [0.1, 0.15) is 61.8 Å². The second-order valence-electron chi connectivity index (χ2n) is 9.67. The third kappa shape index (κ3) is 2.94. The normalized spacial score (nSPS) is 31.7. The van der Waals surface area contributed by atoms with Crippen LogP contribution in [0.2, 0.25) is 0 Å². The highest BCUT2D eigenvalue weighted by atomic mass is 16.3. The van der Waals surface area contributed by atoms with Gasteiger partial charge in [0.2, 0.25) is 0 Å². The summed E-state index contributed by atoms with van der Waals surface area (Å²) in [4.78, 5) is 2.43. The lowest BCUT2D eigenvalue weighted by Crippen LogP contribution is -2.49. The first-order valence-corrected chi connectivity index (χ1v) is 11.1. The molecule has 146 valence electrons. The van der Waals surface area contributed by atoms with Crippen molar-refractivity contribution in [1.82, 2.24) is 9.47 Å². The smallest absolute Gasteiger partial charge is 0.0856 e. The fraction of sp³-hybridized carbons (Fsp3) is 0.667. The van der Waals surface area contributed by atoms with Crippen LogP contribution in [0.15, 0.2) is 18.2 Å². The van der Waals surface area contributed by atoms with Crippen molar-refractivity contribution in [2.45, 2.75) is 77.0 Å². The van der Waals surface area contributed by atoms with Gasteiger partial charge in [-0.1, -0.05) is 37.3 Å². The molecule has 0 spiro atoms. The quantitative estimate of drug-likeness (QED) is 0.837. The van der Waals surface area contributed by atoms with E-state index in [0.717, 1.165) is 38.4 Å². The molecule has 27 heavy (non-hydrogen) atoms. The number of fused-ring (bicyclic) bond motifs is 4. The molecule has 5 rings (SSSR count). The summed E-state index contributed by atoms with van der Waals surface area (Å²) >= 11 is 0. The van der Waals surface area contributed by atoms with Gasteiger partial charge in [0.1, 0.15) is 0 Å². The molecule has 0 saturated heterocycles. The minimum atomic E-state index is -0.517. The first-order valence-electron chi connectivity index (χ1n) is 11.1. The Labute approximate surface area is 163 Å². The van der Waals surface area contributed by atoms with Crippen LogP contribution < -0.4 is 0 Å². The molecular formula is C24H34N2O. The minimum absolute atomic E-state index is 0.504. The highest BCUT2D eigenvalue weighted by molar-refractivity contribution is 5.86. The molecule has 3 aliphatic rings. The van der Waals surface area contributed by atoms with E-state index in [2.05, 4.69) is 41.6 Å². The highest BCUT2D eigenvalue weighted by Gasteiger charge is 2.45. The van der Waals surface area contributed by atoms with E-state index in [1.165, 1.54) is 66.2 Å². The van der Waals surface area contributed by atoms with Crippen LogP contribution in [0.4, 0.5) is 0 Å². The molecule has 2 aromatic rings. The van der Waals surface area contributed by atoms with E-state index in [-0.39, 0.29) is 0 Å². The number of hydrogen-bond acceptors (Lipinski definition) is 2. The molecule has 0 radical (unpaired) electrons. The van der Waals surface area contributed by atoms with E-state index >= 15 is 0 Å². The Morgan fingerprint density at radius 2 is 1.96 bits per heavy atom. The van der Waals surface area contributed by atoms with Crippen molar-refractivity contribution in [3.8, 4) is 0 Å². The molecule has 2 aliphatic carbocycles. The van der Waals surface area contributed by atoms with Gasteiger partial charge in [0, 0.05) is 36.1 Å². The minimum Gasteiger partial charge on any atom is -0.388 e. The lowest BCUT2D eigenvalue weighted by atomic mass is 9.63. The van der Waals surface area contributed by atoms with Gasteiger partial charge in [0.15, 0.2) is 0 Å². The van der Waals surface area contributed by atoms with Crippen LogP contribution in [0.3, 0.4) is 0 Å². The number of rotatable bonds is 2. The summed E-state index contributed by atoms with van der Waals surface area (Å²) in [5, 5.41) is 13.3. The molecule has 1 aromatic carbocycles. The molecule has 2 heterocycles. The van der Waals surface area contributed by atoms with Gasteiger partial charge in [-0.05, 0) is 62.8 Å². The summed E-state index contributed by atoms with van der Waals surface area (Å²) in [5.74, 6) is 1.26. The van der Waals surface area contributed by atoms with Gasteiger partial charge in [-0.15, -0.1) is 0 Å².